The molecule has 1 atom stereocenters. The lowest BCUT2D eigenvalue weighted by atomic mass is 10.0. The molecule has 178 valence electrons. The number of nitrogens with zero attached hydrogens (tertiary/aromatic N) is 3. The molecule has 0 spiro atoms. The van der Waals surface area contributed by atoms with Gasteiger partial charge in [-0.05, 0) is 56.0 Å². The third-order valence-electron chi connectivity index (χ3n) is 6.87. The zero-order chi connectivity index (χ0) is 23.5. The van der Waals surface area contributed by atoms with Gasteiger partial charge in [-0.3, -0.25) is 9.69 Å². The van der Waals surface area contributed by atoms with Crippen LogP contribution in [0.5, 0.6) is 5.75 Å². The van der Waals surface area contributed by atoms with Crippen LogP contribution in [0.15, 0.2) is 48.5 Å². The van der Waals surface area contributed by atoms with E-state index < -0.39 is 0 Å². The van der Waals surface area contributed by atoms with Crippen molar-refractivity contribution in [2.24, 2.45) is 0 Å². The Morgan fingerprint density at radius 2 is 1.82 bits per heavy atom. The SMILES string of the molecule is COc1ccc([C@@H](CNC(=O)c2nn(-c3ccc(C)cc3)c3c2CCC3)N2CCOCC2)cc1. The minimum Gasteiger partial charge on any atom is -0.497 e. The second kappa shape index (κ2) is 9.99. The van der Waals surface area contributed by atoms with E-state index in [9.17, 15) is 4.79 Å². The van der Waals surface area contributed by atoms with E-state index >= 15 is 0 Å². The van der Waals surface area contributed by atoms with E-state index in [0.29, 0.717) is 25.5 Å². The van der Waals surface area contributed by atoms with E-state index in [4.69, 9.17) is 14.6 Å². The summed E-state index contributed by atoms with van der Waals surface area (Å²) in [6.07, 6.45) is 2.91. The van der Waals surface area contributed by atoms with Gasteiger partial charge in [0.05, 0.1) is 32.1 Å². The Hall–Kier alpha value is -3.16. The average molecular weight is 461 g/mol. The number of hydrogen-bond acceptors (Lipinski definition) is 5. The van der Waals surface area contributed by atoms with Crippen molar-refractivity contribution in [2.45, 2.75) is 32.2 Å². The van der Waals surface area contributed by atoms with Crippen molar-refractivity contribution in [2.75, 3.05) is 40.0 Å². The molecule has 1 saturated heterocycles. The molecule has 0 bridgehead atoms. The molecular weight excluding hydrogens is 428 g/mol. The van der Waals surface area contributed by atoms with Crippen molar-refractivity contribution in [1.29, 1.82) is 0 Å². The second-order valence-electron chi connectivity index (χ2n) is 9.02. The lowest BCUT2D eigenvalue weighted by molar-refractivity contribution is 0.0162. The molecule has 2 aromatic carbocycles. The molecule has 1 aliphatic heterocycles. The highest BCUT2D eigenvalue weighted by Gasteiger charge is 2.28. The predicted octanol–water partition coefficient (Wildman–Crippen LogP) is 3.48. The van der Waals surface area contributed by atoms with Gasteiger partial charge in [0.1, 0.15) is 5.75 Å². The standard InChI is InChI=1S/C27H32N4O3/c1-19-6-10-21(11-7-19)31-24-5-3-4-23(24)26(29-31)27(32)28-18-25(30-14-16-34-17-15-30)20-8-12-22(33-2)13-9-20/h6-13,25H,3-5,14-18H2,1-2H3,(H,28,32)/t25-/m1/s1. The van der Waals surface area contributed by atoms with Crippen LogP contribution >= 0.6 is 0 Å². The van der Waals surface area contributed by atoms with Gasteiger partial charge in [-0.1, -0.05) is 29.8 Å². The molecular formula is C27H32N4O3. The van der Waals surface area contributed by atoms with Crippen LogP contribution in [0.25, 0.3) is 5.69 Å². The summed E-state index contributed by atoms with van der Waals surface area (Å²) in [6, 6.07) is 16.5. The van der Waals surface area contributed by atoms with Crippen LogP contribution in [0.4, 0.5) is 0 Å². The molecule has 0 saturated carbocycles. The number of methoxy groups -OCH3 is 1. The summed E-state index contributed by atoms with van der Waals surface area (Å²) in [4.78, 5) is 15.7. The van der Waals surface area contributed by atoms with Crippen LogP contribution in [-0.2, 0) is 17.6 Å². The molecule has 34 heavy (non-hydrogen) atoms. The summed E-state index contributed by atoms with van der Waals surface area (Å²) in [6.45, 7) is 5.67. The molecule has 1 amide bonds. The maximum atomic E-state index is 13.4. The first-order valence-electron chi connectivity index (χ1n) is 12.1. The monoisotopic (exact) mass is 460 g/mol. The molecule has 1 fully saturated rings. The Kier molecular flexibility index (Phi) is 6.65. The van der Waals surface area contributed by atoms with Crippen molar-refractivity contribution in [3.63, 3.8) is 0 Å². The molecule has 5 rings (SSSR count). The van der Waals surface area contributed by atoms with E-state index in [2.05, 4.69) is 53.5 Å². The number of carbonyl (C=O) groups is 1. The molecule has 0 radical (unpaired) electrons. The summed E-state index contributed by atoms with van der Waals surface area (Å²) in [5.41, 5.74) is 6.17. The molecule has 1 aromatic heterocycles. The predicted molar refractivity (Wildman–Crippen MR) is 131 cm³/mol. The number of aryl methyl sites for hydroxylation is 1. The number of aromatic nitrogens is 2. The topological polar surface area (TPSA) is 68.6 Å². The molecule has 2 aliphatic rings. The summed E-state index contributed by atoms with van der Waals surface area (Å²) in [7, 11) is 1.67. The Morgan fingerprint density at radius 1 is 1.09 bits per heavy atom. The van der Waals surface area contributed by atoms with Crippen molar-refractivity contribution in [1.82, 2.24) is 20.0 Å². The molecule has 2 heterocycles. The smallest absolute Gasteiger partial charge is 0.272 e. The van der Waals surface area contributed by atoms with Crippen LogP contribution in [0.2, 0.25) is 0 Å². The molecule has 1 aliphatic carbocycles. The first-order valence-corrected chi connectivity index (χ1v) is 12.1. The van der Waals surface area contributed by atoms with Crippen LogP contribution in [0.1, 0.15) is 45.3 Å². The molecule has 1 N–H and O–H groups in total. The Morgan fingerprint density at radius 3 is 2.53 bits per heavy atom. The number of rotatable bonds is 7. The number of carbonyl (C=O) groups excluding carboxylic acids is 1. The van der Waals surface area contributed by atoms with Gasteiger partial charge in [0.25, 0.3) is 5.91 Å². The van der Waals surface area contributed by atoms with Gasteiger partial charge in [0, 0.05) is 30.9 Å². The fourth-order valence-corrected chi connectivity index (χ4v) is 4.97. The Labute approximate surface area is 200 Å². The van der Waals surface area contributed by atoms with E-state index in [1.165, 1.54) is 5.56 Å². The highest BCUT2D eigenvalue weighted by atomic mass is 16.5. The molecule has 3 aromatic rings. The van der Waals surface area contributed by atoms with E-state index in [-0.39, 0.29) is 11.9 Å². The highest BCUT2D eigenvalue weighted by Crippen LogP contribution is 2.29. The van der Waals surface area contributed by atoms with E-state index in [0.717, 1.165) is 60.6 Å². The number of ether oxygens (including phenoxy) is 2. The second-order valence-corrected chi connectivity index (χ2v) is 9.02. The summed E-state index contributed by atoms with van der Waals surface area (Å²) < 4.78 is 12.8. The highest BCUT2D eigenvalue weighted by molar-refractivity contribution is 5.94. The van der Waals surface area contributed by atoms with Crippen molar-refractivity contribution in [3.05, 3.63) is 76.6 Å². The average Bonchev–Trinajstić information content (AvgIpc) is 3.49. The minimum absolute atomic E-state index is 0.0611. The fourth-order valence-electron chi connectivity index (χ4n) is 4.97. The lowest BCUT2D eigenvalue weighted by Gasteiger charge is -2.35. The third kappa shape index (κ3) is 4.58. The van der Waals surface area contributed by atoms with Gasteiger partial charge in [0.2, 0.25) is 0 Å². The zero-order valence-corrected chi connectivity index (χ0v) is 19.9. The van der Waals surface area contributed by atoms with E-state index in [1.807, 2.05) is 16.8 Å². The molecule has 7 nitrogen and oxygen atoms in total. The molecule has 7 heteroatoms. The first kappa shape index (κ1) is 22.6. The summed E-state index contributed by atoms with van der Waals surface area (Å²) in [5, 5.41) is 7.97. The minimum atomic E-state index is -0.101. The maximum absolute atomic E-state index is 13.4. The number of fused-ring (bicyclic) bond motifs is 1. The Balaban J connectivity index is 1.37. The normalized spacial score (nSPS) is 16.8. The first-order chi connectivity index (χ1) is 16.6. The largest absolute Gasteiger partial charge is 0.497 e. The van der Waals surface area contributed by atoms with Crippen LogP contribution in [-0.4, -0.2) is 60.5 Å². The van der Waals surface area contributed by atoms with Crippen molar-refractivity contribution in [3.8, 4) is 11.4 Å². The number of amides is 1. The van der Waals surface area contributed by atoms with Gasteiger partial charge >= 0.3 is 0 Å². The maximum Gasteiger partial charge on any atom is 0.272 e. The zero-order valence-electron chi connectivity index (χ0n) is 19.9. The van der Waals surface area contributed by atoms with Gasteiger partial charge in [-0.25, -0.2) is 4.68 Å². The van der Waals surface area contributed by atoms with Crippen LogP contribution in [0, 0.1) is 6.92 Å². The Bertz CT molecular complexity index is 1130. The van der Waals surface area contributed by atoms with Crippen LogP contribution in [0.3, 0.4) is 0 Å². The van der Waals surface area contributed by atoms with Gasteiger partial charge in [-0.2, -0.15) is 5.10 Å². The number of benzene rings is 2. The fraction of sp³-hybridized carbons (Fsp3) is 0.407. The summed E-state index contributed by atoms with van der Waals surface area (Å²) >= 11 is 0. The van der Waals surface area contributed by atoms with Crippen molar-refractivity contribution < 1.29 is 14.3 Å². The van der Waals surface area contributed by atoms with E-state index in [1.54, 1.807) is 7.11 Å². The lowest BCUT2D eigenvalue weighted by Crippen LogP contribution is -2.44. The molecule has 0 unspecified atom stereocenters. The number of hydrogen-bond donors (Lipinski definition) is 1. The van der Waals surface area contributed by atoms with Gasteiger partial charge in [0.15, 0.2) is 5.69 Å². The quantitative estimate of drug-likeness (QED) is 0.585. The van der Waals surface area contributed by atoms with Crippen molar-refractivity contribution >= 4 is 5.91 Å². The number of nitrogens with one attached hydrogen (secondary N) is 1. The third-order valence-corrected chi connectivity index (χ3v) is 6.87. The summed E-state index contributed by atoms with van der Waals surface area (Å²) in [5.74, 6) is 0.724. The van der Waals surface area contributed by atoms with Gasteiger partial charge in [-0.15, -0.1) is 0 Å². The number of morpholine rings is 1. The van der Waals surface area contributed by atoms with Crippen LogP contribution < -0.4 is 10.1 Å². The van der Waals surface area contributed by atoms with Gasteiger partial charge < -0.3 is 14.8 Å².